The molecule has 0 N–H and O–H groups in total. The molecule has 4 nitrogen and oxygen atoms in total. The van der Waals surface area contributed by atoms with Gasteiger partial charge in [0.1, 0.15) is 6.04 Å². The third-order valence-corrected chi connectivity index (χ3v) is 3.98. The van der Waals surface area contributed by atoms with Crippen molar-refractivity contribution in [3.63, 3.8) is 0 Å². The van der Waals surface area contributed by atoms with Crippen LogP contribution in [0.3, 0.4) is 0 Å². The van der Waals surface area contributed by atoms with Gasteiger partial charge in [0.15, 0.2) is 17.5 Å². The molecule has 2 aliphatic heterocycles. The van der Waals surface area contributed by atoms with E-state index in [-0.39, 0.29) is 24.6 Å². The van der Waals surface area contributed by atoms with Crippen LogP contribution in [0.25, 0.3) is 0 Å². The lowest BCUT2D eigenvalue weighted by molar-refractivity contribution is -0.135. The second-order valence-corrected chi connectivity index (χ2v) is 5.18. The molecule has 1 aromatic carbocycles. The van der Waals surface area contributed by atoms with Gasteiger partial charge in [0.2, 0.25) is 11.8 Å². The normalized spacial score (nSPS) is 22.5. The van der Waals surface area contributed by atoms with Crippen molar-refractivity contribution in [2.24, 2.45) is 0 Å². The summed E-state index contributed by atoms with van der Waals surface area (Å²) in [4.78, 5) is 26.9. The Hall–Kier alpha value is -2.05. The van der Waals surface area contributed by atoms with Crippen LogP contribution in [-0.4, -0.2) is 35.8 Å². The van der Waals surface area contributed by atoms with E-state index in [0.29, 0.717) is 19.4 Å². The number of rotatable bonds is 1. The number of anilines is 1. The Bertz CT molecular complexity index is 620. The Morgan fingerprint density at radius 2 is 1.81 bits per heavy atom. The summed E-state index contributed by atoms with van der Waals surface area (Å²) < 4.78 is 40.2. The maximum absolute atomic E-state index is 13.9. The first-order valence-electron chi connectivity index (χ1n) is 6.75. The van der Waals surface area contributed by atoms with Crippen molar-refractivity contribution in [2.75, 3.05) is 18.0 Å². The smallest absolute Gasteiger partial charge is 0.249 e. The van der Waals surface area contributed by atoms with Crippen molar-refractivity contribution in [2.45, 2.75) is 25.3 Å². The third kappa shape index (κ3) is 2.16. The molecule has 3 rings (SSSR count). The maximum Gasteiger partial charge on any atom is 0.249 e. The number of benzene rings is 1. The minimum Gasteiger partial charge on any atom is -0.331 e. The molecule has 0 aliphatic carbocycles. The van der Waals surface area contributed by atoms with Gasteiger partial charge >= 0.3 is 0 Å². The number of hydrogen-bond acceptors (Lipinski definition) is 2. The average molecular weight is 298 g/mol. The molecule has 1 unspecified atom stereocenters. The summed E-state index contributed by atoms with van der Waals surface area (Å²) in [5.74, 6) is -4.93. The minimum absolute atomic E-state index is 0.0351. The molecule has 2 fully saturated rings. The van der Waals surface area contributed by atoms with Gasteiger partial charge in [-0.15, -0.1) is 0 Å². The Labute approximate surface area is 119 Å². The Morgan fingerprint density at radius 3 is 2.57 bits per heavy atom. The quantitative estimate of drug-likeness (QED) is 0.742. The van der Waals surface area contributed by atoms with E-state index in [1.165, 1.54) is 4.90 Å². The first kappa shape index (κ1) is 13.9. The van der Waals surface area contributed by atoms with Crippen molar-refractivity contribution in [1.29, 1.82) is 0 Å². The first-order valence-corrected chi connectivity index (χ1v) is 6.75. The van der Waals surface area contributed by atoms with Crippen molar-refractivity contribution in [3.05, 3.63) is 29.6 Å². The molecule has 2 saturated heterocycles. The van der Waals surface area contributed by atoms with E-state index in [1.54, 1.807) is 0 Å². The second kappa shape index (κ2) is 5.05. The molecule has 0 aromatic heterocycles. The lowest BCUT2D eigenvalue weighted by Crippen LogP contribution is -2.44. The fourth-order valence-corrected chi connectivity index (χ4v) is 2.93. The lowest BCUT2D eigenvalue weighted by Gasteiger charge is -2.25. The zero-order valence-electron chi connectivity index (χ0n) is 11.1. The van der Waals surface area contributed by atoms with Crippen LogP contribution in [0.1, 0.15) is 19.3 Å². The largest absolute Gasteiger partial charge is 0.331 e. The van der Waals surface area contributed by atoms with E-state index in [9.17, 15) is 22.8 Å². The number of carbonyl (C=O) groups excluding carboxylic acids is 2. The molecule has 0 saturated carbocycles. The highest BCUT2D eigenvalue weighted by molar-refractivity contribution is 6.01. The summed E-state index contributed by atoms with van der Waals surface area (Å²) in [5, 5.41) is 0. The molecule has 1 atom stereocenters. The van der Waals surface area contributed by atoms with E-state index >= 15 is 0 Å². The van der Waals surface area contributed by atoms with Crippen LogP contribution in [0.15, 0.2) is 12.1 Å². The molecule has 2 aliphatic rings. The Kier molecular flexibility index (Phi) is 3.35. The highest BCUT2D eigenvalue weighted by atomic mass is 19.2. The molecular weight excluding hydrogens is 285 g/mol. The van der Waals surface area contributed by atoms with Crippen LogP contribution in [-0.2, 0) is 9.59 Å². The molecule has 1 aromatic rings. The monoisotopic (exact) mass is 298 g/mol. The van der Waals surface area contributed by atoms with Crippen LogP contribution >= 0.6 is 0 Å². The molecule has 2 amide bonds. The first-order chi connectivity index (χ1) is 10.0. The van der Waals surface area contributed by atoms with Crippen LogP contribution < -0.4 is 4.90 Å². The molecule has 0 radical (unpaired) electrons. The fourth-order valence-electron chi connectivity index (χ4n) is 2.93. The predicted molar refractivity (Wildman–Crippen MR) is 68.0 cm³/mol. The number of halogens is 3. The summed E-state index contributed by atoms with van der Waals surface area (Å²) in [6.45, 7) is 0.468. The zero-order chi connectivity index (χ0) is 15.1. The van der Waals surface area contributed by atoms with Crippen LogP contribution in [0.4, 0.5) is 18.9 Å². The number of hydrogen-bond donors (Lipinski definition) is 0. The molecule has 0 spiro atoms. The fraction of sp³-hybridized carbons (Fsp3) is 0.429. The van der Waals surface area contributed by atoms with Crippen LogP contribution in [0, 0.1) is 17.5 Å². The number of carbonyl (C=O) groups is 2. The van der Waals surface area contributed by atoms with Gasteiger partial charge in [0.05, 0.1) is 5.69 Å². The number of amides is 2. The van der Waals surface area contributed by atoms with Crippen molar-refractivity contribution in [1.82, 2.24) is 4.90 Å². The summed E-state index contributed by atoms with van der Waals surface area (Å²) in [6, 6.07) is 1.17. The lowest BCUT2D eigenvalue weighted by atomic mass is 10.1. The van der Waals surface area contributed by atoms with Gasteiger partial charge in [-0.05, 0) is 25.0 Å². The van der Waals surface area contributed by atoms with Crippen LogP contribution in [0.5, 0.6) is 0 Å². The van der Waals surface area contributed by atoms with Crippen molar-refractivity contribution in [3.8, 4) is 0 Å². The van der Waals surface area contributed by atoms with Gasteiger partial charge in [-0.1, -0.05) is 0 Å². The molecule has 2 heterocycles. The van der Waals surface area contributed by atoms with E-state index in [0.717, 1.165) is 17.0 Å². The third-order valence-electron chi connectivity index (χ3n) is 3.98. The number of nitrogens with zero attached hydrogens (tertiary/aromatic N) is 2. The summed E-state index contributed by atoms with van der Waals surface area (Å²) in [5.41, 5.74) is -0.319. The molecule has 112 valence electrons. The van der Waals surface area contributed by atoms with Crippen molar-refractivity contribution >= 4 is 17.5 Å². The minimum atomic E-state index is -1.61. The Morgan fingerprint density at radius 1 is 1.05 bits per heavy atom. The summed E-state index contributed by atoms with van der Waals surface area (Å²) in [6.07, 6.45) is 1.25. The van der Waals surface area contributed by atoms with Gasteiger partial charge in [-0.25, -0.2) is 13.2 Å². The van der Waals surface area contributed by atoms with Gasteiger partial charge in [-0.3, -0.25) is 9.59 Å². The molecule has 0 bridgehead atoms. The summed E-state index contributed by atoms with van der Waals surface area (Å²) >= 11 is 0. The molecular formula is C14H13F3N2O2. The highest BCUT2D eigenvalue weighted by Crippen LogP contribution is 2.29. The SMILES string of the molecule is O=C1C2CCCN2C(=O)CCN1c1ccc(F)c(F)c1F. The van der Waals surface area contributed by atoms with E-state index in [2.05, 4.69) is 0 Å². The molecule has 7 heteroatoms. The topological polar surface area (TPSA) is 40.6 Å². The zero-order valence-corrected chi connectivity index (χ0v) is 11.1. The number of fused-ring (bicyclic) bond motifs is 1. The van der Waals surface area contributed by atoms with Gasteiger partial charge in [0.25, 0.3) is 0 Å². The second-order valence-electron chi connectivity index (χ2n) is 5.18. The summed E-state index contributed by atoms with van der Waals surface area (Å²) in [7, 11) is 0. The van der Waals surface area contributed by atoms with Crippen LogP contribution in [0.2, 0.25) is 0 Å². The standard InChI is InChI=1S/C14H13F3N2O2/c15-8-3-4-9(13(17)12(8)16)19-7-5-11(20)18-6-1-2-10(18)14(19)21/h3-4,10H,1-2,5-7H2. The van der Waals surface area contributed by atoms with Crippen molar-refractivity contribution < 1.29 is 22.8 Å². The van der Waals surface area contributed by atoms with Gasteiger partial charge in [0, 0.05) is 19.5 Å². The Balaban J connectivity index is 2.00. The maximum atomic E-state index is 13.9. The van der Waals surface area contributed by atoms with Gasteiger partial charge in [-0.2, -0.15) is 0 Å². The van der Waals surface area contributed by atoms with E-state index in [4.69, 9.17) is 0 Å². The highest BCUT2D eigenvalue weighted by Gasteiger charge is 2.40. The predicted octanol–water partition coefficient (Wildman–Crippen LogP) is 1.83. The molecule has 21 heavy (non-hydrogen) atoms. The average Bonchev–Trinajstić information content (AvgIpc) is 2.92. The van der Waals surface area contributed by atoms with E-state index in [1.807, 2.05) is 0 Å². The van der Waals surface area contributed by atoms with E-state index < -0.39 is 29.4 Å². The van der Waals surface area contributed by atoms with Gasteiger partial charge < -0.3 is 9.80 Å².